The number of rotatable bonds is 6. The highest BCUT2D eigenvalue weighted by Crippen LogP contribution is 2.37. The van der Waals surface area contributed by atoms with Crippen LogP contribution >= 0.6 is 39.1 Å². The molecule has 0 aliphatic carbocycles. The predicted octanol–water partition coefficient (Wildman–Crippen LogP) is 5.59. The van der Waals surface area contributed by atoms with Crippen LogP contribution in [0.1, 0.15) is 11.1 Å². The first-order chi connectivity index (χ1) is 11.4. The molecule has 5 nitrogen and oxygen atoms in total. The quantitative estimate of drug-likeness (QED) is 0.440. The maximum absolute atomic E-state index is 10.4. The van der Waals surface area contributed by atoms with Crippen LogP contribution in [-0.2, 0) is 6.61 Å². The van der Waals surface area contributed by atoms with Gasteiger partial charge in [0.1, 0.15) is 6.61 Å². The monoisotopic (exact) mass is 431 g/mol. The Balaban J connectivity index is 2.22. The molecule has 0 amide bonds. The van der Waals surface area contributed by atoms with Crippen LogP contribution in [0.2, 0.25) is 10.0 Å². The second-order valence-electron chi connectivity index (χ2n) is 4.67. The number of nitro groups is 1. The van der Waals surface area contributed by atoms with Crippen molar-refractivity contribution in [3.05, 3.63) is 72.3 Å². The molecule has 0 saturated heterocycles. The van der Waals surface area contributed by atoms with E-state index in [1.165, 1.54) is 13.2 Å². The van der Waals surface area contributed by atoms with Crippen LogP contribution in [0.3, 0.4) is 0 Å². The second-order valence-corrected chi connectivity index (χ2v) is 6.34. The van der Waals surface area contributed by atoms with Crippen LogP contribution < -0.4 is 9.47 Å². The summed E-state index contributed by atoms with van der Waals surface area (Å²) in [5, 5.41) is 11.3. The Bertz CT molecular complexity index is 796. The van der Waals surface area contributed by atoms with Crippen LogP contribution in [-0.4, -0.2) is 12.0 Å². The van der Waals surface area contributed by atoms with Gasteiger partial charge in [0.25, 0.3) is 0 Å². The van der Waals surface area contributed by atoms with E-state index >= 15 is 0 Å². The van der Waals surface area contributed by atoms with E-state index < -0.39 is 4.92 Å². The molecule has 0 heterocycles. The first kappa shape index (κ1) is 18.6. The summed E-state index contributed by atoms with van der Waals surface area (Å²) in [5.41, 5.74) is 1.45. The van der Waals surface area contributed by atoms with Crippen LogP contribution in [0, 0.1) is 10.1 Å². The Hall–Kier alpha value is -1.76. The van der Waals surface area contributed by atoms with Gasteiger partial charge in [-0.05, 0) is 51.3 Å². The van der Waals surface area contributed by atoms with Gasteiger partial charge in [-0.2, -0.15) is 0 Å². The van der Waals surface area contributed by atoms with E-state index in [9.17, 15) is 10.1 Å². The Kier molecular flexibility index (Phi) is 6.48. The van der Waals surface area contributed by atoms with Crippen molar-refractivity contribution in [1.29, 1.82) is 0 Å². The highest BCUT2D eigenvalue weighted by atomic mass is 79.9. The topological polar surface area (TPSA) is 61.6 Å². The number of hydrogen-bond acceptors (Lipinski definition) is 4. The average molecular weight is 433 g/mol. The molecule has 126 valence electrons. The third kappa shape index (κ3) is 4.87. The fourth-order valence-corrected chi connectivity index (χ4v) is 2.80. The number of halogens is 3. The van der Waals surface area contributed by atoms with E-state index in [1.54, 1.807) is 24.3 Å². The maximum atomic E-state index is 10.4. The predicted molar refractivity (Wildman–Crippen MR) is 97.5 cm³/mol. The van der Waals surface area contributed by atoms with Crippen LogP contribution in [0.25, 0.3) is 6.08 Å². The molecule has 8 heteroatoms. The highest BCUT2D eigenvalue weighted by Gasteiger charge is 2.12. The minimum Gasteiger partial charge on any atom is -0.493 e. The average Bonchev–Trinajstić information content (AvgIpc) is 2.54. The van der Waals surface area contributed by atoms with Gasteiger partial charge in [-0.3, -0.25) is 10.1 Å². The molecule has 24 heavy (non-hydrogen) atoms. The van der Waals surface area contributed by atoms with Crippen molar-refractivity contribution in [2.75, 3.05) is 7.11 Å². The number of ether oxygens (including phenoxy) is 2. The number of benzene rings is 2. The molecule has 0 saturated carbocycles. The van der Waals surface area contributed by atoms with E-state index in [0.29, 0.717) is 31.6 Å². The maximum Gasteiger partial charge on any atom is 0.235 e. The highest BCUT2D eigenvalue weighted by molar-refractivity contribution is 9.10. The van der Waals surface area contributed by atoms with Gasteiger partial charge >= 0.3 is 0 Å². The molecule has 0 bridgehead atoms. The summed E-state index contributed by atoms with van der Waals surface area (Å²) in [7, 11) is 1.49. The third-order valence-corrected chi connectivity index (χ3v) is 4.34. The number of hydrogen-bond donors (Lipinski definition) is 0. The van der Waals surface area contributed by atoms with Gasteiger partial charge in [-0.1, -0.05) is 29.3 Å². The van der Waals surface area contributed by atoms with Gasteiger partial charge in [0.2, 0.25) is 6.20 Å². The molecule has 0 atom stereocenters. The van der Waals surface area contributed by atoms with E-state index in [4.69, 9.17) is 32.7 Å². The summed E-state index contributed by atoms with van der Waals surface area (Å²) in [4.78, 5) is 9.89. The van der Waals surface area contributed by atoms with Crippen molar-refractivity contribution in [2.45, 2.75) is 6.61 Å². The zero-order valence-corrected chi connectivity index (χ0v) is 15.6. The van der Waals surface area contributed by atoms with E-state index in [1.807, 2.05) is 6.07 Å². The van der Waals surface area contributed by atoms with Crippen LogP contribution in [0.4, 0.5) is 0 Å². The fourth-order valence-electron chi connectivity index (χ4n) is 1.91. The summed E-state index contributed by atoms with van der Waals surface area (Å²) < 4.78 is 11.7. The lowest BCUT2D eigenvalue weighted by Gasteiger charge is -2.14. The number of methoxy groups -OCH3 is 1. The Morgan fingerprint density at radius 2 is 2.00 bits per heavy atom. The van der Waals surface area contributed by atoms with Crippen molar-refractivity contribution in [1.82, 2.24) is 0 Å². The van der Waals surface area contributed by atoms with Crippen LogP contribution in [0.15, 0.2) is 41.0 Å². The largest absolute Gasteiger partial charge is 0.493 e. The van der Waals surface area contributed by atoms with Gasteiger partial charge < -0.3 is 9.47 Å². The van der Waals surface area contributed by atoms with Crippen molar-refractivity contribution in [2.24, 2.45) is 0 Å². The molecule has 0 aliphatic rings. The van der Waals surface area contributed by atoms with Crippen LogP contribution in [0.5, 0.6) is 11.5 Å². The molecule has 2 aromatic rings. The third-order valence-electron chi connectivity index (χ3n) is 3.01. The molecule has 0 aromatic heterocycles. The molecule has 0 N–H and O–H groups in total. The minimum atomic E-state index is -0.533. The van der Waals surface area contributed by atoms with Gasteiger partial charge in [0.15, 0.2) is 11.5 Å². The molecule has 0 unspecified atom stereocenters. The summed E-state index contributed by atoms with van der Waals surface area (Å²) in [5.74, 6) is 0.939. The first-order valence-electron chi connectivity index (χ1n) is 6.66. The lowest BCUT2D eigenvalue weighted by Crippen LogP contribution is -1.99. The Labute approximate surface area is 157 Å². The zero-order valence-electron chi connectivity index (χ0n) is 12.5. The van der Waals surface area contributed by atoms with Crippen molar-refractivity contribution >= 4 is 45.2 Å². The molecule has 2 rings (SSSR count). The lowest BCUT2D eigenvalue weighted by atomic mass is 10.2. The molecule has 0 fully saturated rings. The van der Waals surface area contributed by atoms with Gasteiger partial charge in [0, 0.05) is 6.08 Å². The first-order valence-corrected chi connectivity index (χ1v) is 8.21. The standard InChI is InChI=1S/C16H12BrCl2NO4/c1-23-15-8-10(4-5-20(21)22)6-12(17)16(15)24-9-11-2-3-13(18)14(19)7-11/h2-8H,9H2,1H3/b5-4+. The molecular formula is C16H12BrCl2NO4. The second kappa shape index (κ2) is 8.37. The fraction of sp³-hybridized carbons (Fsp3) is 0.125. The minimum absolute atomic E-state index is 0.260. The Morgan fingerprint density at radius 1 is 1.25 bits per heavy atom. The summed E-state index contributed by atoms with van der Waals surface area (Å²) in [6, 6.07) is 8.57. The zero-order chi connectivity index (χ0) is 17.7. The molecule has 0 aliphatic heterocycles. The Morgan fingerprint density at radius 3 is 2.62 bits per heavy atom. The number of nitrogens with zero attached hydrogens (tertiary/aromatic N) is 1. The van der Waals surface area contributed by atoms with Gasteiger partial charge in [-0.15, -0.1) is 0 Å². The SMILES string of the molecule is COc1cc(/C=C/[N+](=O)[O-])cc(Br)c1OCc1ccc(Cl)c(Cl)c1. The van der Waals surface area contributed by atoms with Crippen molar-refractivity contribution < 1.29 is 14.4 Å². The summed E-state index contributed by atoms with van der Waals surface area (Å²) in [6.45, 7) is 0.260. The van der Waals surface area contributed by atoms with Crippen molar-refractivity contribution in [3.63, 3.8) is 0 Å². The lowest BCUT2D eigenvalue weighted by molar-refractivity contribution is -0.400. The molecule has 0 spiro atoms. The van der Waals surface area contributed by atoms with E-state index in [0.717, 1.165) is 11.8 Å². The molecule has 2 aromatic carbocycles. The summed E-state index contributed by atoms with van der Waals surface area (Å²) in [6.07, 6.45) is 2.23. The normalized spacial score (nSPS) is 10.8. The smallest absolute Gasteiger partial charge is 0.235 e. The van der Waals surface area contributed by atoms with Gasteiger partial charge in [-0.25, -0.2) is 0 Å². The van der Waals surface area contributed by atoms with E-state index in [2.05, 4.69) is 15.9 Å². The molecule has 0 radical (unpaired) electrons. The van der Waals surface area contributed by atoms with E-state index in [-0.39, 0.29) is 6.61 Å². The van der Waals surface area contributed by atoms with Crippen molar-refractivity contribution in [3.8, 4) is 11.5 Å². The molecular weight excluding hydrogens is 421 g/mol. The van der Waals surface area contributed by atoms with Gasteiger partial charge in [0.05, 0.1) is 26.6 Å². The summed E-state index contributed by atoms with van der Waals surface area (Å²) >= 11 is 15.3.